The summed E-state index contributed by atoms with van der Waals surface area (Å²) < 4.78 is 29.1. The minimum atomic E-state index is -3.55. The molecule has 0 bridgehead atoms. The number of nitrogens with zero attached hydrogens (tertiary/aromatic N) is 1. The van der Waals surface area contributed by atoms with Crippen LogP contribution in [0.5, 0.6) is 0 Å². The normalized spacial score (nSPS) is 20.4. The Morgan fingerprint density at radius 2 is 2.41 bits per heavy atom. The van der Waals surface area contributed by atoms with Crippen LogP contribution in [-0.4, -0.2) is 32.2 Å². The van der Waals surface area contributed by atoms with E-state index in [1.807, 2.05) is 4.72 Å². The number of hydrogen-bond donors (Lipinski definition) is 1. The van der Waals surface area contributed by atoms with Crippen molar-refractivity contribution in [3.8, 4) is 0 Å². The molecule has 6 nitrogen and oxygen atoms in total. The van der Waals surface area contributed by atoms with E-state index in [1.165, 1.54) is 16.7 Å². The number of amides is 1. The summed E-state index contributed by atoms with van der Waals surface area (Å²) in [6.45, 7) is 0.703. The van der Waals surface area contributed by atoms with Gasteiger partial charge < -0.3 is 4.74 Å². The maximum Gasteiger partial charge on any atom is 0.284 e. The molecule has 1 fully saturated rings. The van der Waals surface area contributed by atoms with Crippen LogP contribution < -0.4 is 4.72 Å². The van der Waals surface area contributed by atoms with Gasteiger partial charge in [0, 0.05) is 12.0 Å². The summed E-state index contributed by atoms with van der Waals surface area (Å²) in [5, 5.41) is 2.26. The van der Waals surface area contributed by atoms with Gasteiger partial charge in [-0.1, -0.05) is 0 Å². The van der Waals surface area contributed by atoms with Gasteiger partial charge in [-0.2, -0.15) is 0 Å². The molecule has 1 N–H and O–H groups in total. The molecule has 8 heteroatoms. The molecule has 1 unspecified atom stereocenters. The summed E-state index contributed by atoms with van der Waals surface area (Å²) in [6.07, 6.45) is 2.74. The van der Waals surface area contributed by atoms with Crippen LogP contribution in [0.25, 0.3) is 0 Å². The average Bonchev–Trinajstić information content (AvgIpc) is 2.86. The van der Waals surface area contributed by atoms with Gasteiger partial charge >= 0.3 is 0 Å². The molecular weight excluding hydrogens is 264 g/mol. The van der Waals surface area contributed by atoms with Gasteiger partial charge in [-0.25, -0.2) is 18.1 Å². The molecule has 1 saturated heterocycles. The zero-order valence-corrected chi connectivity index (χ0v) is 10.8. The number of thiazole rings is 1. The van der Waals surface area contributed by atoms with Crippen LogP contribution in [0.3, 0.4) is 0 Å². The molecule has 0 saturated carbocycles. The van der Waals surface area contributed by atoms with E-state index in [0.29, 0.717) is 6.61 Å². The Morgan fingerprint density at radius 3 is 3.00 bits per heavy atom. The van der Waals surface area contributed by atoms with Crippen LogP contribution in [0.2, 0.25) is 0 Å². The summed E-state index contributed by atoms with van der Waals surface area (Å²) in [5.41, 5.74) is 0.117. The number of ether oxygens (including phenoxy) is 1. The van der Waals surface area contributed by atoms with Crippen molar-refractivity contribution in [3.63, 3.8) is 0 Å². The van der Waals surface area contributed by atoms with Crippen molar-refractivity contribution >= 4 is 27.3 Å². The van der Waals surface area contributed by atoms with E-state index in [-0.39, 0.29) is 11.8 Å². The summed E-state index contributed by atoms with van der Waals surface area (Å²) in [7, 11) is -3.55. The highest BCUT2D eigenvalue weighted by molar-refractivity contribution is 7.89. The van der Waals surface area contributed by atoms with E-state index in [1.54, 1.807) is 0 Å². The van der Waals surface area contributed by atoms with Crippen LogP contribution in [-0.2, 0) is 14.8 Å². The number of nitrogens with one attached hydrogen (secondary N) is 1. The fourth-order valence-corrected chi connectivity index (χ4v) is 2.86. The lowest BCUT2D eigenvalue weighted by Gasteiger charge is -2.03. The minimum Gasteiger partial charge on any atom is -0.371 e. The third-order valence-corrected chi connectivity index (χ3v) is 3.73. The topological polar surface area (TPSA) is 85.4 Å². The second-order valence-electron chi connectivity index (χ2n) is 3.78. The van der Waals surface area contributed by atoms with E-state index < -0.39 is 15.9 Å². The van der Waals surface area contributed by atoms with Gasteiger partial charge in [0.05, 0.1) is 6.26 Å². The van der Waals surface area contributed by atoms with Crippen molar-refractivity contribution in [1.82, 2.24) is 9.71 Å². The van der Waals surface area contributed by atoms with Gasteiger partial charge in [0.1, 0.15) is 16.8 Å². The third-order valence-electron chi connectivity index (χ3n) is 2.24. The fraction of sp³-hybridized carbons (Fsp3) is 0.556. The molecule has 1 aromatic rings. The second-order valence-corrected chi connectivity index (χ2v) is 6.41. The molecule has 0 radical (unpaired) electrons. The highest BCUT2D eigenvalue weighted by atomic mass is 32.2. The standard InChI is InChI=1S/C9H12N2O4S2/c1-17(13,14)11-8(12)6-5-16-9(10-6)7-3-2-4-15-7/h5,7H,2-4H2,1H3,(H,11,12). The molecule has 0 aromatic carbocycles. The summed E-state index contributed by atoms with van der Waals surface area (Å²) >= 11 is 1.31. The van der Waals surface area contributed by atoms with Crippen molar-refractivity contribution < 1.29 is 17.9 Å². The maximum absolute atomic E-state index is 11.5. The molecule has 1 amide bonds. The molecule has 2 rings (SSSR count). The number of aromatic nitrogens is 1. The van der Waals surface area contributed by atoms with Crippen molar-refractivity contribution in [3.05, 3.63) is 16.1 Å². The molecule has 17 heavy (non-hydrogen) atoms. The van der Waals surface area contributed by atoms with E-state index >= 15 is 0 Å². The second kappa shape index (κ2) is 4.71. The van der Waals surface area contributed by atoms with Crippen LogP contribution in [0.1, 0.15) is 34.4 Å². The van der Waals surface area contributed by atoms with Crippen molar-refractivity contribution in [2.24, 2.45) is 0 Å². The Kier molecular flexibility index (Phi) is 3.45. The summed E-state index contributed by atoms with van der Waals surface area (Å²) in [5.74, 6) is -0.701. The lowest BCUT2D eigenvalue weighted by molar-refractivity contribution is 0.0973. The van der Waals surface area contributed by atoms with Gasteiger partial charge in [-0.3, -0.25) is 4.79 Å². The molecular formula is C9H12N2O4S2. The lowest BCUT2D eigenvalue weighted by Crippen LogP contribution is -2.29. The van der Waals surface area contributed by atoms with Crippen LogP contribution >= 0.6 is 11.3 Å². The van der Waals surface area contributed by atoms with Crippen molar-refractivity contribution in [2.45, 2.75) is 18.9 Å². The van der Waals surface area contributed by atoms with E-state index in [9.17, 15) is 13.2 Å². The first-order valence-corrected chi connectivity index (χ1v) is 7.82. The Bertz CT molecular complexity index is 517. The minimum absolute atomic E-state index is 0.0558. The Morgan fingerprint density at radius 1 is 1.65 bits per heavy atom. The molecule has 1 aliphatic heterocycles. The van der Waals surface area contributed by atoms with Gasteiger partial charge in [0.15, 0.2) is 0 Å². The summed E-state index contributed by atoms with van der Waals surface area (Å²) in [6, 6.07) is 0. The Balaban J connectivity index is 2.10. The quantitative estimate of drug-likeness (QED) is 0.877. The molecule has 0 aliphatic carbocycles. The number of carbonyl (C=O) groups excluding carboxylic acids is 1. The van der Waals surface area contributed by atoms with Crippen LogP contribution in [0, 0.1) is 0 Å². The van der Waals surface area contributed by atoms with E-state index in [0.717, 1.165) is 24.1 Å². The zero-order valence-electron chi connectivity index (χ0n) is 9.17. The number of hydrogen-bond acceptors (Lipinski definition) is 6. The first-order valence-electron chi connectivity index (χ1n) is 5.05. The van der Waals surface area contributed by atoms with E-state index in [4.69, 9.17) is 4.74 Å². The largest absolute Gasteiger partial charge is 0.371 e. The fourth-order valence-electron chi connectivity index (χ4n) is 1.53. The molecule has 0 spiro atoms. The monoisotopic (exact) mass is 276 g/mol. The molecule has 2 heterocycles. The molecule has 1 aromatic heterocycles. The number of sulfonamides is 1. The Labute approximate surface area is 103 Å². The maximum atomic E-state index is 11.5. The van der Waals surface area contributed by atoms with Crippen molar-refractivity contribution in [2.75, 3.05) is 12.9 Å². The van der Waals surface area contributed by atoms with E-state index in [2.05, 4.69) is 4.98 Å². The van der Waals surface area contributed by atoms with Gasteiger partial charge in [0.25, 0.3) is 5.91 Å². The van der Waals surface area contributed by atoms with Crippen LogP contribution in [0.4, 0.5) is 0 Å². The van der Waals surface area contributed by atoms with Crippen LogP contribution in [0.15, 0.2) is 5.38 Å². The van der Waals surface area contributed by atoms with Gasteiger partial charge in [-0.05, 0) is 12.8 Å². The SMILES string of the molecule is CS(=O)(=O)NC(=O)c1csc(C2CCCO2)n1. The third kappa shape index (κ3) is 3.24. The first-order chi connectivity index (χ1) is 7.96. The highest BCUT2D eigenvalue weighted by Gasteiger charge is 2.23. The van der Waals surface area contributed by atoms with Crippen molar-refractivity contribution in [1.29, 1.82) is 0 Å². The number of rotatable bonds is 3. The van der Waals surface area contributed by atoms with Gasteiger partial charge in [0.2, 0.25) is 10.0 Å². The summed E-state index contributed by atoms with van der Waals surface area (Å²) in [4.78, 5) is 15.6. The smallest absolute Gasteiger partial charge is 0.284 e. The predicted octanol–water partition coefficient (Wildman–Crippen LogP) is 0.684. The molecule has 94 valence electrons. The average molecular weight is 276 g/mol. The molecule has 1 atom stereocenters. The zero-order chi connectivity index (χ0) is 12.5. The predicted molar refractivity (Wildman–Crippen MR) is 62.4 cm³/mol. The lowest BCUT2D eigenvalue weighted by atomic mass is 10.2. The number of carbonyl (C=O) groups is 1. The highest BCUT2D eigenvalue weighted by Crippen LogP contribution is 2.30. The molecule has 1 aliphatic rings. The Hall–Kier alpha value is -0.990. The first kappa shape index (κ1) is 12.5. The van der Waals surface area contributed by atoms with Gasteiger partial charge in [-0.15, -0.1) is 11.3 Å².